The minimum Gasteiger partial charge on any atom is -0.326 e. The summed E-state index contributed by atoms with van der Waals surface area (Å²) in [5, 5.41) is 6.03. The first-order valence-electron chi connectivity index (χ1n) is 7.53. The van der Waals surface area contributed by atoms with Gasteiger partial charge in [-0.25, -0.2) is 0 Å². The molecule has 1 saturated heterocycles. The van der Waals surface area contributed by atoms with E-state index in [4.69, 9.17) is 0 Å². The standard InChI is InChI=1S/C16H25N3OS.2ClH/c1-13(11-17-2)16(20)18-15-5-3-4-14(10-15)12-19-6-8-21-9-7-19;;/h3-5,10,13,17H,6-9,11-12H2,1-2H3,(H,18,20);2*1H. The van der Waals surface area contributed by atoms with Crippen LogP contribution in [0.2, 0.25) is 0 Å². The topological polar surface area (TPSA) is 44.4 Å². The maximum Gasteiger partial charge on any atom is 0.228 e. The molecule has 1 amide bonds. The van der Waals surface area contributed by atoms with Crippen molar-refractivity contribution in [1.29, 1.82) is 0 Å². The Kier molecular flexibility index (Phi) is 11.7. The Bertz CT molecular complexity index is 470. The molecule has 0 bridgehead atoms. The highest BCUT2D eigenvalue weighted by molar-refractivity contribution is 7.99. The molecule has 0 aliphatic carbocycles. The number of rotatable bonds is 6. The van der Waals surface area contributed by atoms with Gasteiger partial charge in [0.1, 0.15) is 0 Å². The van der Waals surface area contributed by atoms with Crippen molar-refractivity contribution >= 4 is 48.2 Å². The Hall–Kier alpha value is -0.460. The number of hydrogen-bond donors (Lipinski definition) is 2. The molecule has 1 aromatic rings. The van der Waals surface area contributed by atoms with E-state index in [0.717, 1.165) is 25.3 Å². The quantitative estimate of drug-likeness (QED) is 0.797. The van der Waals surface area contributed by atoms with Crippen LogP contribution in [-0.2, 0) is 11.3 Å². The van der Waals surface area contributed by atoms with E-state index in [1.807, 2.05) is 37.9 Å². The van der Waals surface area contributed by atoms with Crippen LogP contribution in [0.15, 0.2) is 24.3 Å². The Morgan fingerprint density at radius 1 is 1.30 bits per heavy atom. The van der Waals surface area contributed by atoms with Gasteiger partial charge >= 0.3 is 0 Å². The summed E-state index contributed by atoms with van der Waals surface area (Å²) in [5.41, 5.74) is 2.16. The van der Waals surface area contributed by atoms with E-state index >= 15 is 0 Å². The normalized spacial score (nSPS) is 15.9. The summed E-state index contributed by atoms with van der Waals surface area (Å²) in [5.74, 6) is 2.48. The largest absolute Gasteiger partial charge is 0.326 e. The highest BCUT2D eigenvalue weighted by Gasteiger charge is 2.13. The molecule has 2 N–H and O–H groups in total. The maximum absolute atomic E-state index is 12.0. The highest BCUT2D eigenvalue weighted by Crippen LogP contribution is 2.16. The summed E-state index contributed by atoms with van der Waals surface area (Å²) in [4.78, 5) is 14.5. The van der Waals surface area contributed by atoms with Gasteiger partial charge in [-0.1, -0.05) is 19.1 Å². The average molecular weight is 380 g/mol. The van der Waals surface area contributed by atoms with E-state index < -0.39 is 0 Å². The summed E-state index contributed by atoms with van der Waals surface area (Å²) in [6.45, 7) is 5.90. The van der Waals surface area contributed by atoms with Gasteiger partial charge in [-0.05, 0) is 24.7 Å². The van der Waals surface area contributed by atoms with Crippen molar-refractivity contribution in [2.75, 3.05) is 43.5 Å². The van der Waals surface area contributed by atoms with Gasteiger partial charge in [-0.2, -0.15) is 11.8 Å². The van der Waals surface area contributed by atoms with Crippen LogP contribution in [0.4, 0.5) is 5.69 Å². The van der Waals surface area contributed by atoms with Crippen molar-refractivity contribution in [3.05, 3.63) is 29.8 Å². The maximum atomic E-state index is 12.0. The molecule has 1 unspecified atom stereocenters. The van der Waals surface area contributed by atoms with Crippen LogP contribution in [0.3, 0.4) is 0 Å². The molecule has 0 radical (unpaired) electrons. The van der Waals surface area contributed by atoms with Gasteiger partial charge in [0.2, 0.25) is 5.91 Å². The fourth-order valence-electron chi connectivity index (χ4n) is 2.43. The van der Waals surface area contributed by atoms with Crippen LogP contribution < -0.4 is 10.6 Å². The number of nitrogens with zero attached hydrogens (tertiary/aromatic N) is 1. The average Bonchev–Trinajstić information content (AvgIpc) is 2.49. The minimum absolute atomic E-state index is 0. The second-order valence-corrected chi connectivity index (χ2v) is 6.76. The predicted molar refractivity (Wildman–Crippen MR) is 105 cm³/mol. The Labute approximate surface area is 156 Å². The molecule has 132 valence electrons. The number of carbonyl (C=O) groups is 1. The third-order valence-corrected chi connectivity index (χ3v) is 4.60. The van der Waals surface area contributed by atoms with Crippen molar-refractivity contribution in [2.24, 2.45) is 5.92 Å². The van der Waals surface area contributed by atoms with Crippen LogP contribution in [0.5, 0.6) is 0 Å². The van der Waals surface area contributed by atoms with Crippen molar-refractivity contribution in [1.82, 2.24) is 10.2 Å². The molecule has 1 atom stereocenters. The summed E-state index contributed by atoms with van der Waals surface area (Å²) in [6.07, 6.45) is 0. The van der Waals surface area contributed by atoms with Gasteiger partial charge in [-0.15, -0.1) is 24.8 Å². The lowest BCUT2D eigenvalue weighted by molar-refractivity contribution is -0.119. The molecule has 7 heteroatoms. The van der Waals surface area contributed by atoms with Gasteiger partial charge in [0.05, 0.1) is 0 Å². The molecule has 1 fully saturated rings. The number of carbonyl (C=O) groups excluding carboxylic acids is 1. The smallest absolute Gasteiger partial charge is 0.228 e. The lowest BCUT2D eigenvalue weighted by atomic mass is 10.1. The SMILES string of the molecule is CNCC(C)C(=O)Nc1cccc(CN2CCSCC2)c1.Cl.Cl. The molecular weight excluding hydrogens is 353 g/mol. The van der Waals surface area contributed by atoms with Crippen LogP contribution >= 0.6 is 36.6 Å². The number of halogens is 2. The molecule has 0 saturated carbocycles. The zero-order valence-electron chi connectivity index (χ0n) is 13.7. The van der Waals surface area contributed by atoms with E-state index in [0.29, 0.717) is 6.54 Å². The lowest BCUT2D eigenvalue weighted by Crippen LogP contribution is -2.32. The van der Waals surface area contributed by atoms with Crippen molar-refractivity contribution < 1.29 is 4.79 Å². The first-order valence-corrected chi connectivity index (χ1v) is 8.69. The van der Waals surface area contributed by atoms with Crippen molar-refractivity contribution in [3.63, 3.8) is 0 Å². The van der Waals surface area contributed by atoms with Crippen LogP contribution in [0.25, 0.3) is 0 Å². The van der Waals surface area contributed by atoms with E-state index in [-0.39, 0.29) is 36.6 Å². The molecular formula is C16H27Cl2N3OS. The number of thioether (sulfide) groups is 1. The van der Waals surface area contributed by atoms with Gasteiger partial charge in [0, 0.05) is 49.3 Å². The van der Waals surface area contributed by atoms with E-state index in [2.05, 4.69) is 27.7 Å². The van der Waals surface area contributed by atoms with Gasteiger partial charge in [-0.3, -0.25) is 9.69 Å². The second-order valence-electron chi connectivity index (χ2n) is 5.54. The van der Waals surface area contributed by atoms with E-state index in [1.54, 1.807) is 0 Å². The molecule has 0 spiro atoms. The van der Waals surface area contributed by atoms with Crippen molar-refractivity contribution in [3.8, 4) is 0 Å². The molecule has 4 nitrogen and oxygen atoms in total. The number of hydrogen-bond acceptors (Lipinski definition) is 4. The Morgan fingerprint density at radius 3 is 2.65 bits per heavy atom. The van der Waals surface area contributed by atoms with Crippen LogP contribution in [0.1, 0.15) is 12.5 Å². The second kappa shape index (κ2) is 12.0. The summed E-state index contributed by atoms with van der Waals surface area (Å²) < 4.78 is 0. The molecule has 1 aliphatic rings. The molecule has 1 heterocycles. The first-order chi connectivity index (χ1) is 10.2. The minimum atomic E-state index is -0.0298. The highest BCUT2D eigenvalue weighted by atomic mass is 35.5. The van der Waals surface area contributed by atoms with Crippen molar-refractivity contribution in [2.45, 2.75) is 13.5 Å². The molecule has 1 aromatic carbocycles. The lowest BCUT2D eigenvalue weighted by Gasteiger charge is -2.26. The Morgan fingerprint density at radius 2 is 2.00 bits per heavy atom. The zero-order valence-corrected chi connectivity index (χ0v) is 16.2. The first kappa shape index (κ1) is 22.5. The number of amides is 1. The van der Waals surface area contributed by atoms with Crippen LogP contribution in [0, 0.1) is 5.92 Å². The molecule has 23 heavy (non-hydrogen) atoms. The molecule has 2 rings (SSSR count). The van der Waals surface area contributed by atoms with Gasteiger partial charge < -0.3 is 10.6 Å². The van der Waals surface area contributed by atoms with E-state index in [9.17, 15) is 4.79 Å². The zero-order chi connectivity index (χ0) is 15.1. The summed E-state index contributed by atoms with van der Waals surface area (Å²) in [7, 11) is 1.86. The fraction of sp³-hybridized carbons (Fsp3) is 0.562. The molecule has 0 aromatic heterocycles. The third-order valence-electron chi connectivity index (χ3n) is 3.66. The van der Waals surface area contributed by atoms with Gasteiger partial charge in [0.15, 0.2) is 0 Å². The van der Waals surface area contributed by atoms with E-state index in [1.165, 1.54) is 17.1 Å². The summed E-state index contributed by atoms with van der Waals surface area (Å²) in [6, 6.07) is 8.20. The monoisotopic (exact) mass is 379 g/mol. The third kappa shape index (κ3) is 7.77. The number of benzene rings is 1. The summed E-state index contributed by atoms with van der Waals surface area (Å²) >= 11 is 2.02. The Balaban J connectivity index is 0.00000242. The number of nitrogens with one attached hydrogen (secondary N) is 2. The van der Waals surface area contributed by atoms with Crippen LogP contribution in [-0.4, -0.2) is 49.0 Å². The molecule has 1 aliphatic heterocycles. The predicted octanol–water partition coefficient (Wildman–Crippen LogP) is 2.87. The van der Waals surface area contributed by atoms with Gasteiger partial charge in [0.25, 0.3) is 0 Å². The fourth-order valence-corrected chi connectivity index (χ4v) is 3.41. The number of anilines is 1.